The third-order valence-corrected chi connectivity index (χ3v) is 6.38. The van der Waals surface area contributed by atoms with Crippen LogP contribution in [0.4, 0.5) is 5.69 Å². The van der Waals surface area contributed by atoms with Crippen molar-refractivity contribution < 1.29 is 19.2 Å². The first kappa shape index (κ1) is 23.9. The molecule has 0 spiro atoms. The van der Waals surface area contributed by atoms with Gasteiger partial charge in [0.15, 0.2) is 5.78 Å². The number of nitrogens with zero attached hydrogens (tertiary/aromatic N) is 1. The van der Waals surface area contributed by atoms with Crippen LogP contribution in [0.3, 0.4) is 0 Å². The van der Waals surface area contributed by atoms with Crippen LogP contribution in [0.15, 0.2) is 91.0 Å². The number of thiophene rings is 1. The van der Waals surface area contributed by atoms with Crippen LogP contribution in [0.25, 0.3) is 6.08 Å². The van der Waals surface area contributed by atoms with Crippen molar-refractivity contribution in [2.24, 2.45) is 0 Å². The van der Waals surface area contributed by atoms with Gasteiger partial charge in [-0.2, -0.15) is 0 Å². The third kappa shape index (κ3) is 6.43. The van der Waals surface area contributed by atoms with Gasteiger partial charge in [0.05, 0.1) is 23.0 Å². The Kier molecular flexibility index (Phi) is 7.70. The minimum Gasteiger partial charge on any atom is -0.496 e. The van der Waals surface area contributed by atoms with Crippen molar-refractivity contribution in [2.45, 2.75) is 13.0 Å². The molecule has 1 heterocycles. The Morgan fingerprint density at radius 3 is 2.60 bits per heavy atom. The molecule has 0 atom stereocenters. The van der Waals surface area contributed by atoms with E-state index >= 15 is 0 Å². The molecule has 0 unspecified atom stereocenters. The average molecular weight is 486 g/mol. The number of nitro groups is 1. The number of non-ortho nitro benzene ring substituents is 1. The van der Waals surface area contributed by atoms with Gasteiger partial charge in [0.25, 0.3) is 5.69 Å². The van der Waals surface area contributed by atoms with Crippen molar-refractivity contribution in [3.63, 3.8) is 0 Å². The second-order valence-corrected chi connectivity index (χ2v) is 8.91. The normalized spacial score (nSPS) is 10.9. The minimum absolute atomic E-state index is 0.0369. The van der Waals surface area contributed by atoms with Crippen LogP contribution in [0.1, 0.15) is 31.2 Å². The van der Waals surface area contributed by atoms with Gasteiger partial charge in [-0.1, -0.05) is 48.5 Å². The zero-order valence-corrected chi connectivity index (χ0v) is 19.9. The molecule has 176 valence electrons. The van der Waals surface area contributed by atoms with Gasteiger partial charge in [0, 0.05) is 22.9 Å². The molecule has 0 amide bonds. The number of methoxy groups -OCH3 is 1. The number of hydrogen-bond acceptors (Lipinski definition) is 6. The number of carbonyl (C=O) groups is 1. The molecule has 0 aliphatic heterocycles. The van der Waals surface area contributed by atoms with Crippen LogP contribution in [0, 0.1) is 10.1 Å². The summed E-state index contributed by atoms with van der Waals surface area (Å²) in [5.41, 5.74) is 2.75. The number of allylic oxidation sites excluding steroid dienone is 1. The monoisotopic (exact) mass is 485 g/mol. The van der Waals surface area contributed by atoms with Crippen LogP contribution in [-0.2, 0) is 13.0 Å². The molecule has 0 N–H and O–H groups in total. The highest BCUT2D eigenvalue weighted by atomic mass is 32.1. The number of carbonyl (C=O) groups excluding carboxylic acids is 1. The summed E-state index contributed by atoms with van der Waals surface area (Å²) < 4.78 is 11.2. The predicted molar refractivity (Wildman–Crippen MR) is 137 cm³/mol. The average Bonchev–Trinajstić information content (AvgIpc) is 3.35. The van der Waals surface area contributed by atoms with Crippen LogP contribution >= 0.6 is 11.3 Å². The first-order chi connectivity index (χ1) is 17.0. The SMILES string of the molecule is COc1ccc(/C=C/C(=O)c2ccc(Cc3ccccc3)s2)cc1COc1cccc([N+](=O)[O-])c1. The Hall–Kier alpha value is -4.23. The molecule has 0 saturated heterocycles. The summed E-state index contributed by atoms with van der Waals surface area (Å²) in [6.45, 7) is 0.160. The van der Waals surface area contributed by atoms with Crippen molar-refractivity contribution in [3.8, 4) is 11.5 Å². The Morgan fingerprint density at radius 2 is 1.83 bits per heavy atom. The van der Waals surface area contributed by atoms with E-state index < -0.39 is 4.92 Å². The fourth-order valence-corrected chi connectivity index (χ4v) is 4.48. The second-order valence-electron chi connectivity index (χ2n) is 7.74. The fraction of sp³-hybridized carbons (Fsp3) is 0.107. The molecule has 0 fully saturated rings. The van der Waals surface area contributed by atoms with Gasteiger partial charge in [0.2, 0.25) is 0 Å². The van der Waals surface area contributed by atoms with E-state index in [-0.39, 0.29) is 18.1 Å². The van der Waals surface area contributed by atoms with Gasteiger partial charge in [-0.3, -0.25) is 14.9 Å². The first-order valence-corrected chi connectivity index (χ1v) is 11.7. The van der Waals surface area contributed by atoms with Crippen LogP contribution in [0.2, 0.25) is 0 Å². The number of ketones is 1. The van der Waals surface area contributed by atoms with Gasteiger partial charge < -0.3 is 9.47 Å². The minimum atomic E-state index is -0.464. The summed E-state index contributed by atoms with van der Waals surface area (Å²) >= 11 is 1.50. The molecule has 0 radical (unpaired) electrons. The van der Waals surface area contributed by atoms with Gasteiger partial charge in [-0.25, -0.2) is 0 Å². The van der Waals surface area contributed by atoms with Gasteiger partial charge in [0.1, 0.15) is 18.1 Å². The Morgan fingerprint density at radius 1 is 1.00 bits per heavy atom. The topological polar surface area (TPSA) is 78.7 Å². The van der Waals surface area contributed by atoms with E-state index in [1.807, 2.05) is 42.5 Å². The third-order valence-electron chi connectivity index (χ3n) is 5.28. The van der Waals surface area contributed by atoms with E-state index in [1.54, 1.807) is 37.5 Å². The second kappa shape index (κ2) is 11.3. The lowest BCUT2D eigenvalue weighted by Gasteiger charge is -2.11. The van der Waals surface area contributed by atoms with Crippen molar-refractivity contribution in [2.75, 3.05) is 7.11 Å². The highest BCUT2D eigenvalue weighted by Crippen LogP contribution is 2.25. The van der Waals surface area contributed by atoms with E-state index in [0.717, 1.165) is 22.4 Å². The first-order valence-electron chi connectivity index (χ1n) is 10.9. The molecular weight excluding hydrogens is 462 g/mol. The van der Waals surface area contributed by atoms with E-state index in [2.05, 4.69) is 12.1 Å². The number of hydrogen-bond donors (Lipinski definition) is 0. The molecule has 4 aromatic rings. The molecule has 1 aromatic heterocycles. The molecular formula is C28H23NO5S. The lowest BCUT2D eigenvalue weighted by Crippen LogP contribution is -2.00. The fourth-order valence-electron chi connectivity index (χ4n) is 3.52. The van der Waals surface area contributed by atoms with Crippen LogP contribution < -0.4 is 9.47 Å². The molecule has 0 bridgehead atoms. The van der Waals surface area contributed by atoms with E-state index in [4.69, 9.17) is 9.47 Å². The maximum Gasteiger partial charge on any atom is 0.273 e. The van der Waals surface area contributed by atoms with Gasteiger partial charge in [-0.15, -0.1) is 11.3 Å². The number of nitro benzene ring substituents is 1. The summed E-state index contributed by atoms with van der Waals surface area (Å²) in [5.74, 6) is 0.962. The standard InChI is InChI=1S/C28H23NO5S/c1-33-27-14-11-21(16-22(27)19-34-24-9-5-8-23(18-24)29(31)32)10-13-26(30)28-15-12-25(35-28)17-20-6-3-2-4-7-20/h2-16,18H,17,19H2,1H3/b13-10+. The largest absolute Gasteiger partial charge is 0.496 e. The van der Waals surface area contributed by atoms with E-state index in [1.165, 1.54) is 29.0 Å². The predicted octanol–water partition coefficient (Wildman–Crippen LogP) is 6.73. The highest BCUT2D eigenvalue weighted by molar-refractivity contribution is 7.14. The summed E-state index contributed by atoms with van der Waals surface area (Å²) in [6, 6.07) is 25.6. The molecule has 7 heteroatoms. The highest BCUT2D eigenvalue weighted by Gasteiger charge is 2.10. The quantitative estimate of drug-likeness (QED) is 0.108. The smallest absolute Gasteiger partial charge is 0.273 e. The van der Waals surface area contributed by atoms with Crippen molar-refractivity contribution in [1.29, 1.82) is 0 Å². The molecule has 6 nitrogen and oxygen atoms in total. The number of benzene rings is 3. The Labute approximate surface area is 207 Å². The maximum atomic E-state index is 12.7. The van der Waals surface area contributed by atoms with Gasteiger partial charge in [-0.05, 0) is 47.5 Å². The summed E-state index contributed by atoms with van der Waals surface area (Å²) in [6.07, 6.45) is 4.12. The number of ether oxygens (including phenoxy) is 2. The summed E-state index contributed by atoms with van der Waals surface area (Å²) in [7, 11) is 1.56. The molecule has 0 aliphatic rings. The summed E-state index contributed by atoms with van der Waals surface area (Å²) in [4.78, 5) is 25.1. The van der Waals surface area contributed by atoms with Crippen molar-refractivity contribution >= 4 is 28.9 Å². The van der Waals surface area contributed by atoms with Crippen LogP contribution in [-0.4, -0.2) is 17.8 Å². The molecule has 0 aliphatic carbocycles. The maximum absolute atomic E-state index is 12.7. The molecule has 0 saturated carbocycles. The van der Waals surface area contributed by atoms with E-state index in [9.17, 15) is 14.9 Å². The Bertz CT molecular complexity index is 1360. The zero-order valence-electron chi connectivity index (χ0n) is 19.0. The van der Waals surface area contributed by atoms with Gasteiger partial charge >= 0.3 is 0 Å². The Balaban J connectivity index is 1.43. The molecule has 4 rings (SSSR count). The lowest BCUT2D eigenvalue weighted by atomic mass is 10.1. The number of rotatable bonds is 10. The van der Waals surface area contributed by atoms with Crippen molar-refractivity contribution in [1.82, 2.24) is 0 Å². The lowest BCUT2D eigenvalue weighted by molar-refractivity contribution is -0.384. The van der Waals surface area contributed by atoms with Crippen LogP contribution in [0.5, 0.6) is 11.5 Å². The van der Waals surface area contributed by atoms with Crippen molar-refractivity contribution in [3.05, 3.63) is 128 Å². The molecule has 3 aromatic carbocycles. The summed E-state index contributed by atoms with van der Waals surface area (Å²) in [5, 5.41) is 11.0. The van der Waals surface area contributed by atoms with E-state index in [0.29, 0.717) is 16.4 Å². The zero-order chi connectivity index (χ0) is 24.6. The molecule has 35 heavy (non-hydrogen) atoms.